The van der Waals surface area contributed by atoms with Gasteiger partial charge in [-0.3, -0.25) is 9.59 Å². The Balaban J connectivity index is 1.46. The fourth-order valence-corrected chi connectivity index (χ4v) is 6.70. The molecule has 0 radical (unpaired) electrons. The largest absolute Gasteiger partial charge is 0.376 e. The van der Waals surface area contributed by atoms with Crippen LogP contribution in [0.2, 0.25) is 0 Å². The summed E-state index contributed by atoms with van der Waals surface area (Å²) in [6, 6.07) is 14.5. The molecule has 1 saturated carbocycles. The minimum atomic E-state index is -3.10. The van der Waals surface area contributed by atoms with Gasteiger partial charge in [0, 0.05) is 23.5 Å². The van der Waals surface area contributed by atoms with E-state index >= 15 is 0 Å². The molecule has 2 aromatic carbocycles. The second kappa shape index (κ2) is 10.6. The number of carbonyl (C=O) groups excluding carboxylic acids is 2. The van der Waals surface area contributed by atoms with Gasteiger partial charge in [-0.15, -0.1) is 0 Å². The van der Waals surface area contributed by atoms with E-state index in [-0.39, 0.29) is 41.9 Å². The number of anilines is 2. The van der Waals surface area contributed by atoms with Gasteiger partial charge < -0.3 is 15.5 Å². The van der Waals surface area contributed by atoms with Crippen LogP contribution >= 0.6 is 0 Å². The van der Waals surface area contributed by atoms with Crippen LogP contribution in [0.5, 0.6) is 0 Å². The third-order valence-corrected chi connectivity index (χ3v) is 8.52. The van der Waals surface area contributed by atoms with Gasteiger partial charge in [0.15, 0.2) is 9.84 Å². The number of nitrogens with zero attached hydrogens (tertiary/aromatic N) is 1. The Hall–Kier alpha value is -2.87. The topological polar surface area (TPSA) is 95.6 Å². The monoisotopic (exact) mass is 483 g/mol. The summed E-state index contributed by atoms with van der Waals surface area (Å²) in [6.07, 6.45) is 5.60. The highest BCUT2D eigenvalue weighted by atomic mass is 32.2. The molecule has 1 atom stereocenters. The lowest BCUT2D eigenvalue weighted by Gasteiger charge is -2.38. The van der Waals surface area contributed by atoms with Crippen LogP contribution in [0.3, 0.4) is 0 Å². The number of aryl methyl sites for hydroxylation is 1. The smallest absolute Gasteiger partial charge is 0.257 e. The van der Waals surface area contributed by atoms with E-state index < -0.39 is 9.84 Å². The first-order chi connectivity index (χ1) is 16.3. The van der Waals surface area contributed by atoms with Gasteiger partial charge in [-0.25, -0.2) is 8.42 Å². The molecule has 0 bridgehead atoms. The van der Waals surface area contributed by atoms with Crippen molar-refractivity contribution in [2.24, 2.45) is 0 Å². The summed E-state index contributed by atoms with van der Waals surface area (Å²) in [5.74, 6) is -0.179. The van der Waals surface area contributed by atoms with Crippen LogP contribution in [-0.4, -0.2) is 55.3 Å². The molecule has 8 heteroatoms. The Morgan fingerprint density at radius 3 is 2.32 bits per heavy atom. The molecule has 2 aliphatic rings. The van der Waals surface area contributed by atoms with Crippen LogP contribution in [0.15, 0.2) is 48.5 Å². The zero-order chi connectivity index (χ0) is 24.1. The van der Waals surface area contributed by atoms with E-state index in [1.807, 2.05) is 42.2 Å². The van der Waals surface area contributed by atoms with E-state index in [1.165, 1.54) is 0 Å². The molecule has 2 amide bonds. The molecule has 182 valence electrons. The number of hydrogen-bond donors (Lipinski definition) is 2. The summed E-state index contributed by atoms with van der Waals surface area (Å²) in [7, 11) is -3.10. The zero-order valence-electron chi connectivity index (χ0n) is 19.6. The molecule has 2 aromatic rings. The van der Waals surface area contributed by atoms with E-state index in [4.69, 9.17) is 0 Å². The highest BCUT2D eigenvalue weighted by Crippen LogP contribution is 2.28. The van der Waals surface area contributed by atoms with Crippen molar-refractivity contribution in [1.82, 2.24) is 4.90 Å². The number of carbonyl (C=O) groups is 2. The van der Waals surface area contributed by atoms with Crippen LogP contribution in [0.25, 0.3) is 0 Å². The number of sulfone groups is 1. The average molecular weight is 484 g/mol. The molecule has 7 nitrogen and oxygen atoms in total. The second-order valence-corrected chi connectivity index (χ2v) is 11.6. The molecule has 0 unspecified atom stereocenters. The van der Waals surface area contributed by atoms with Crippen molar-refractivity contribution in [3.8, 4) is 0 Å². The maximum atomic E-state index is 13.4. The average Bonchev–Trinajstić information content (AvgIpc) is 3.19. The number of nitrogens with one attached hydrogen (secondary N) is 2. The Labute approximate surface area is 201 Å². The van der Waals surface area contributed by atoms with Crippen molar-refractivity contribution >= 4 is 33.0 Å². The van der Waals surface area contributed by atoms with Gasteiger partial charge in [0.2, 0.25) is 5.91 Å². The van der Waals surface area contributed by atoms with E-state index in [1.54, 1.807) is 18.2 Å². The minimum absolute atomic E-state index is 0.0157. The molecule has 1 heterocycles. The third kappa shape index (κ3) is 5.97. The quantitative estimate of drug-likeness (QED) is 0.621. The van der Waals surface area contributed by atoms with E-state index in [2.05, 4.69) is 10.6 Å². The van der Waals surface area contributed by atoms with Gasteiger partial charge >= 0.3 is 0 Å². The summed E-state index contributed by atoms with van der Waals surface area (Å²) in [5, 5.41) is 6.05. The number of benzene rings is 2. The molecule has 2 fully saturated rings. The van der Waals surface area contributed by atoms with E-state index in [0.717, 1.165) is 37.7 Å². The Bertz CT molecular complexity index is 1120. The van der Waals surface area contributed by atoms with Crippen molar-refractivity contribution in [3.05, 3.63) is 59.7 Å². The summed E-state index contributed by atoms with van der Waals surface area (Å²) in [6.45, 7) is 2.00. The van der Waals surface area contributed by atoms with Gasteiger partial charge in [-0.1, -0.05) is 49.1 Å². The van der Waals surface area contributed by atoms with Gasteiger partial charge in [-0.2, -0.15) is 0 Å². The van der Waals surface area contributed by atoms with Crippen molar-refractivity contribution < 1.29 is 18.0 Å². The first-order valence-electron chi connectivity index (χ1n) is 12.0. The molecule has 2 N–H and O–H groups in total. The molecular weight excluding hydrogens is 450 g/mol. The number of rotatable bonds is 7. The van der Waals surface area contributed by atoms with Crippen molar-refractivity contribution in [3.63, 3.8) is 0 Å². The predicted molar refractivity (Wildman–Crippen MR) is 135 cm³/mol. The van der Waals surface area contributed by atoms with Crippen LogP contribution in [-0.2, 0) is 14.6 Å². The fraction of sp³-hybridized carbons (Fsp3) is 0.462. The van der Waals surface area contributed by atoms with E-state index in [9.17, 15) is 18.0 Å². The van der Waals surface area contributed by atoms with Gasteiger partial charge in [0.05, 0.1) is 23.6 Å². The minimum Gasteiger partial charge on any atom is -0.376 e. The number of hydrogen-bond acceptors (Lipinski definition) is 5. The highest BCUT2D eigenvalue weighted by molar-refractivity contribution is 7.91. The number of amides is 2. The van der Waals surface area contributed by atoms with E-state index in [0.29, 0.717) is 23.4 Å². The fourth-order valence-electron chi connectivity index (χ4n) is 4.99. The Kier molecular flexibility index (Phi) is 7.56. The molecule has 1 aliphatic heterocycles. The summed E-state index contributed by atoms with van der Waals surface area (Å²) >= 11 is 0. The molecule has 1 saturated heterocycles. The zero-order valence-corrected chi connectivity index (χ0v) is 20.4. The van der Waals surface area contributed by atoms with Crippen molar-refractivity contribution in [1.29, 1.82) is 0 Å². The van der Waals surface area contributed by atoms with Crippen molar-refractivity contribution in [2.75, 3.05) is 28.7 Å². The lowest BCUT2D eigenvalue weighted by Crippen LogP contribution is -2.50. The van der Waals surface area contributed by atoms with Crippen LogP contribution in [0.4, 0.5) is 11.4 Å². The van der Waals surface area contributed by atoms with Crippen LogP contribution < -0.4 is 10.6 Å². The second-order valence-electron chi connectivity index (χ2n) is 9.37. The molecule has 1 aliphatic carbocycles. The number of para-hydroxylation sites is 1. The molecule has 4 rings (SSSR count). The predicted octanol–water partition coefficient (Wildman–Crippen LogP) is 4.01. The Morgan fingerprint density at radius 1 is 0.941 bits per heavy atom. The van der Waals surface area contributed by atoms with Gasteiger partial charge in [0.1, 0.15) is 0 Å². The van der Waals surface area contributed by atoms with Gasteiger partial charge in [-0.05, 0) is 50.5 Å². The molecule has 0 spiro atoms. The van der Waals surface area contributed by atoms with Crippen LogP contribution in [0, 0.1) is 6.92 Å². The van der Waals surface area contributed by atoms with Crippen molar-refractivity contribution in [2.45, 2.75) is 57.5 Å². The Morgan fingerprint density at radius 2 is 1.65 bits per heavy atom. The molecule has 34 heavy (non-hydrogen) atoms. The molecular formula is C26H33N3O4S. The lowest BCUT2D eigenvalue weighted by atomic mass is 9.93. The van der Waals surface area contributed by atoms with Crippen LogP contribution in [0.1, 0.15) is 54.4 Å². The maximum absolute atomic E-state index is 13.4. The SMILES string of the molecule is Cc1ccc(NC(=O)c2ccccc2NCC(=O)N(C2CCCCC2)[C@@H]2CCS(=O)(=O)C2)cc1. The highest BCUT2D eigenvalue weighted by Gasteiger charge is 2.38. The first kappa shape index (κ1) is 24.3. The van der Waals surface area contributed by atoms with Gasteiger partial charge in [0.25, 0.3) is 5.91 Å². The summed E-state index contributed by atoms with van der Waals surface area (Å²) in [4.78, 5) is 28.1. The maximum Gasteiger partial charge on any atom is 0.257 e. The summed E-state index contributed by atoms with van der Waals surface area (Å²) < 4.78 is 24.2. The standard InChI is InChI=1S/C26H33N3O4S/c1-19-11-13-20(14-12-19)28-26(31)23-9-5-6-10-24(23)27-17-25(30)29(21-7-3-2-4-8-21)22-15-16-34(32,33)18-22/h5-6,9-14,21-22,27H,2-4,7-8,15-18H2,1H3,(H,28,31)/t22-/m1/s1. The first-order valence-corrected chi connectivity index (χ1v) is 13.9. The summed E-state index contributed by atoms with van der Waals surface area (Å²) in [5.41, 5.74) is 2.83. The lowest BCUT2D eigenvalue weighted by molar-refractivity contribution is -0.134. The normalized spacial score (nSPS) is 20.0. The third-order valence-electron chi connectivity index (χ3n) is 6.77. The molecule has 0 aromatic heterocycles.